The van der Waals surface area contributed by atoms with E-state index in [1.165, 1.54) is 12.1 Å². The summed E-state index contributed by atoms with van der Waals surface area (Å²) in [6, 6.07) is 17.2. The van der Waals surface area contributed by atoms with Gasteiger partial charge in [0.25, 0.3) is 5.91 Å². The van der Waals surface area contributed by atoms with Gasteiger partial charge in [0.1, 0.15) is 10.8 Å². The van der Waals surface area contributed by atoms with Gasteiger partial charge in [0.15, 0.2) is 0 Å². The van der Waals surface area contributed by atoms with E-state index in [1.807, 2.05) is 28.8 Å². The molecule has 4 nitrogen and oxygen atoms in total. The van der Waals surface area contributed by atoms with E-state index in [9.17, 15) is 18.0 Å². The number of hydrogen-bond donors (Lipinski definition) is 1. The van der Waals surface area contributed by atoms with Crippen LogP contribution in [0.2, 0.25) is 5.15 Å². The number of anilines is 1. The quantitative estimate of drug-likeness (QED) is 0.404. The summed E-state index contributed by atoms with van der Waals surface area (Å²) in [4.78, 5) is 16.6. The molecule has 2 heterocycles. The lowest BCUT2D eigenvalue weighted by atomic mass is 10.1. The molecule has 0 aliphatic heterocycles. The number of alkyl halides is 3. The number of aromatic nitrogens is 2. The second-order valence-corrected chi connectivity index (χ2v) is 7.07. The van der Waals surface area contributed by atoms with Crippen LogP contribution in [0, 0.1) is 0 Å². The predicted octanol–water partition coefficient (Wildman–Crippen LogP) is 6.01. The average Bonchev–Trinajstić information content (AvgIpc) is 3.05. The Hall–Kier alpha value is -3.32. The molecule has 0 saturated heterocycles. The third kappa shape index (κ3) is 4.16. The van der Waals surface area contributed by atoms with E-state index in [1.54, 1.807) is 24.4 Å². The van der Waals surface area contributed by atoms with Crippen molar-refractivity contribution < 1.29 is 18.0 Å². The van der Waals surface area contributed by atoms with Crippen LogP contribution in [0.1, 0.15) is 21.6 Å². The van der Waals surface area contributed by atoms with Crippen molar-refractivity contribution in [3.05, 3.63) is 94.9 Å². The maximum absolute atomic E-state index is 12.8. The van der Waals surface area contributed by atoms with E-state index in [2.05, 4.69) is 10.3 Å². The molecule has 0 saturated carbocycles. The second-order valence-electron chi connectivity index (χ2n) is 6.68. The lowest BCUT2D eigenvalue weighted by molar-refractivity contribution is -0.137. The number of fused-ring (bicyclic) bond motifs is 1. The van der Waals surface area contributed by atoms with Crippen molar-refractivity contribution in [2.75, 3.05) is 5.32 Å². The molecule has 30 heavy (non-hydrogen) atoms. The van der Waals surface area contributed by atoms with E-state index >= 15 is 0 Å². The van der Waals surface area contributed by atoms with E-state index in [0.717, 1.165) is 23.0 Å². The molecule has 2 aromatic heterocycles. The number of nitrogens with zero attached hydrogens (tertiary/aromatic N) is 2. The van der Waals surface area contributed by atoms with Crippen molar-refractivity contribution in [3.63, 3.8) is 0 Å². The number of pyridine rings is 1. The summed E-state index contributed by atoms with van der Waals surface area (Å²) >= 11 is 5.85. The van der Waals surface area contributed by atoms with Gasteiger partial charge < -0.3 is 9.88 Å². The Kier molecular flexibility index (Phi) is 5.22. The molecular weight excluding hydrogens is 415 g/mol. The van der Waals surface area contributed by atoms with Crippen molar-refractivity contribution >= 4 is 34.1 Å². The van der Waals surface area contributed by atoms with Crippen LogP contribution >= 0.6 is 11.6 Å². The zero-order valence-electron chi connectivity index (χ0n) is 15.4. The highest BCUT2D eigenvalue weighted by Crippen LogP contribution is 2.30. The fraction of sp³-hybridized carbons (Fsp3) is 0.0909. The monoisotopic (exact) mass is 429 g/mol. The molecular formula is C22H15ClF3N3O. The van der Waals surface area contributed by atoms with Crippen molar-refractivity contribution in [1.29, 1.82) is 0 Å². The van der Waals surface area contributed by atoms with Crippen LogP contribution in [0.5, 0.6) is 0 Å². The van der Waals surface area contributed by atoms with Crippen LogP contribution in [0.25, 0.3) is 10.9 Å². The first-order chi connectivity index (χ1) is 14.3. The number of hydrogen-bond acceptors (Lipinski definition) is 2. The topological polar surface area (TPSA) is 46.9 Å². The number of carbonyl (C=O) groups is 1. The van der Waals surface area contributed by atoms with Gasteiger partial charge in [0.05, 0.1) is 16.8 Å². The summed E-state index contributed by atoms with van der Waals surface area (Å²) in [7, 11) is 0. The van der Waals surface area contributed by atoms with Gasteiger partial charge in [-0.2, -0.15) is 13.2 Å². The van der Waals surface area contributed by atoms with Gasteiger partial charge in [-0.05, 0) is 35.9 Å². The Morgan fingerprint density at radius 3 is 2.43 bits per heavy atom. The average molecular weight is 430 g/mol. The summed E-state index contributed by atoms with van der Waals surface area (Å²) < 4.78 is 40.2. The number of rotatable bonds is 4. The van der Waals surface area contributed by atoms with Crippen LogP contribution in [-0.2, 0) is 12.7 Å². The zero-order chi connectivity index (χ0) is 21.3. The molecule has 0 aliphatic rings. The van der Waals surface area contributed by atoms with Crippen molar-refractivity contribution in [2.24, 2.45) is 0 Å². The van der Waals surface area contributed by atoms with Crippen LogP contribution in [0.3, 0.4) is 0 Å². The number of amides is 1. The molecule has 0 spiro atoms. The number of benzene rings is 2. The lowest BCUT2D eigenvalue weighted by Crippen LogP contribution is -2.13. The minimum absolute atomic E-state index is 0.182. The van der Waals surface area contributed by atoms with E-state index < -0.39 is 17.6 Å². The lowest BCUT2D eigenvalue weighted by Gasteiger charge is -2.09. The molecule has 4 aromatic rings. The van der Waals surface area contributed by atoms with Crippen LogP contribution in [-0.4, -0.2) is 15.5 Å². The van der Waals surface area contributed by atoms with Crippen molar-refractivity contribution in [1.82, 2.24) is 9.55 Å². The molecule has 0 radical (unpaired) electrons. The molecule has 0 fully saturated rings. The summed E-state index contributed by atoms with van der Waals surface area (Å²) in [5, 5.41) is 3.85. The smallest absolute Gasteiger partial charge is 0.341 e. The summed E-state index contributed by atoms with van der Waals surface area (Å²) in [6.45, 7) is 0.351. The Morgan fingerprint density at radius 2 is 1.73 bits per heavy atom. The number of carbonyl (C=O) groups excluding carboxylic acids is 1. The molecule has 4 rings (SSSR count). The third-order valence-corrected chi connectivity index (χ3v) is 4.83. The second kappa shape index (κ2) is 7.84. The van der Waals surface area contributed by atoms with Crippen LogP contribution in [0.4, 0.5) is 18.9 Å². The normalized spacial score (nSPS) is 11.6. The highest BCUT2D eigenvalue weighted by atomic mass is 35.5. The molecule has 2 aromatic carbocycles. The minimum Gasteiger partial charge on any atom is -0.341 e. The number of para-hydroxylation sites is 1. The van der Waals surface area contributed by atoms with Crippen molar-refractivity contribution in [2.45, 2.75) is 12.7 Å². The number of halogens is 4. The van der Waals surface area contributed by atoms with Gasteiger partial charge in [-0.3, -0.25) is 4.79 Å². The highest BCUT2D eigenvalue weighted by molar-refractivity contribution is 6.29. The van der Waals surface area contributed by atoms with Gasteiger partial charge >= 0.3 is 6.18 Å². The Bertz CT molecular complexity index is 1220. The predicted molar refractivity (Wildman–Crippen MR) is 110 cm³/mol. The van der Waals surface area contributed by atoms with Crippen molar-refractivity contribution in [3.8, 4) is 0 Å². The molecule has 0 unspecified atom stereocenters. The summed E-state index contributed by atoms with van der Waals surface area (Å²) in [5.74, 6) is -0.407. The standard InChI is InChI=1S/C22H15ClF3N3O/c23-20-7-3-5-17(27-20)21(30)28-18-13-29(19-6-2-1-4-16(18)19)12-14-8-10-15(11-9-14)22(24,25)26/h1-11,13H,12H2,(H,28,30). The fourth-order valence-electron chi connectivity index (χ4n) is 3.19. The Labute approximate surface area is 174 Å². The minimum atomic E-state index is -4.37. The Morgan fingerprint density at radius 1 is 1.00 bits per heavy atom. The molecule has 0 aliphatic carbocycles. The van der Waals surface area contributed by atoms with Gasteiger partial charge in [-0.1, -0.05) is 48.0 Å². The van der Waals surface area contributed by atoms with Gasteiger partial charge in [0, 0.05) is 18.1 Å². The first kappa shape index (κ1) is 20.0. The summed E-state index contributed by atoms with van der Waals surface area (Å²) in [5.41, 5.74) is 1.61. The largest absolute Gasteiger partial charge is 0.416 e. The van der Waals surface area contributed by atoms with Gasteiger partial charge in [-0.25, -0.2) is 4.98 Å². The first-order valence-corrected chi connectivity index (χ1v) is 9.37. The highest BCUT2D eigenvalue weighted by Gasteiger charge is 2.29. The SMILES string of the molecule is O=C(Nc1cn(Cc2ccc(C(F)(F)F)cc2)c2ccccc12)c1cccc(Cl)n1. The van der Waals surface area contributed by atoms with Crippen LogP contribution < -0.4 is 5.32 Å². The Balaban J connectivity index is 1.63. The van der Waals surface area contributed by atoms with E-state index in [-0.39, 0.29) is 10.8 Å². The molecule has 1 amide bonds. The first-order valence-electron chi connectivity index (χ1n) is 8.99. The number of nitrogens with one attached hydrogen (secondary N) is 1. The van der Waals surface area contributed by atoms with Gasteiger partial charge in [0.2, 0.25) is 0 Å². The molecule has 0 bridgehead atoms. The molecule has 1 N–H and O–H groups in total. The molecule has 0 atom stereocenters. The fourth-order valence-corrected chi connectivity index (χ4v) is 3.36. The zero-order valence-corrected chi connectivity index (χ0v) is 16.2. The molecule has 152 valence electrons. The van der Waals surface area contributed by atoms with Gasteiger partial charge in [-0.15, -0.1) is 0 Å². The van der Waals surface area contributed by atoms with Crippen LogP contribution in [0.15, 0.2) is 72.9 Å². The van der Waals surface area contributed by atoms with E-state index in [4.69, 9.17) is 11.6 Å². The summed E-state index contributed by atoms with van der Waals surface area (Å²) in [6.07, 6.45) is -2.62. The maximum atomic E-state index is 12.8. The third-order valence-electron chi connectivity index (χ3n) is 4.62. The maximum Gasteiger partial charge on any atom is 0.416 e. The molecule has 8 heteroatoms. The van der Waals surface area contributed by atoms with E-state index in [0.29, 0.717) is 17.8 Å².